The van der Waals surface area contributed by atoms with E-state index in [1.54, 1.807) is 0 Å². The number of carbonyl (C=O) groups excluding carboxylic acids is 1. The molecule has 0 atom stereocenters. The summed E-state index contributed by atoms with van der Waals surface area (Å²) in [7, 11) is 0. The van der Waals surface area contributed by atoms with Crippen LogP contribution in [0.3, 0.4) is 0 Å². The molecule has 0 N–H and O–H groups in total. The maximum Gasteiger partial charge on any atom is 0.302 e. The zero-order valence-corrected chi connectivity index (χ0v) is 18.2. The number of hydrogen-bond acceptors (Lipinski definition) is 3. The van der Waals surface area contributed by atoms with Crippen LogP contribution in [-0.2, 0) is 16.1 Å². The average Bonchev–Trinajstić information content (AvgIpc) is 2.67. The average molecular weight is 388 g/mol. The minimum Gasteiger partial charge on any atom is -0.461 e. The van der Waals surface area contributed by atoms with E-state index in [1.807, 2.05) is 6.07 Å². The highest BCUT2D eigenvalue weighted by molar-refractivity contribution is 5.78. The molecule has 3 aromatic rings. The van der Waals surface area contributed by atoms with Gasteiger partial charge in [0.05, 0.1) is 0 Å². The molecular formula is C26H29NO2. The van der Waals surface area contributed by atoms with Crippen molar-refractivity contribution >= 4 is 23.0 Å². The number of aryl methyl sites for hydroxylation is 5. The Kier molecular flexibility index (Phi) is 6.07. The molecule has 3 heteroatoms. The van der Waals surface area contributed by atoms with Gasteiger partial charge < -0.3 is 9.64 Å². The molecule has 0 unspecified atom stereocenters. The quantitative estimate of drug-likeness (QED) is 0.453. The molecule has 3 aromatic carbocycles. The second kappa shape index (κ2) is 8.52. The molecule has 0 aromatic heterocycles. The summed E-state index contributed by atoms with van der Waals surface area (Å²) in [5.41, 5.74) is 10.5. The normalized spacial score (nSPS) is 10.7. The number of anilines is 3. The molecule has 29 heavy (non-hydrogen) atoms. The number of hydrogen-bond donors (Lipinski definition) is 0. The zero-order valence-electron chi connectivity index (χ0n) is 18.2. The molecule has 3 rings (SSSR count). The van der Waals surface area contributed by atoms with E-state index in [-0.39, 0.29) is 5.97 Å². The van der Waals surface area contributed by atoms with Gasteiger partial charge >= 0.3 is 5.97 Å². The third-order valence-electron chi connectivity index (χ3n) is 5.51. The van der Waals surface area contributed by atoms with Gasteiger partial charge in [0.25, 0.3) is 0 Å². The third kappa shape index (κ3) is 4.68. The SMILES string of the molecule is CC(=O)OCc1ccc(N(c2ccc(C)c(C)c2)c2ccc(C)c(C)c2)cc1C. The Morgan fingerprint density at radius 3 is 1.55 bits per heavy atom. The van der Waals surface area contributed by atoms with Crippen molar-refractivity contribution < 1.29 is 9.53 Å². The van der Waals surface area contributed by atoms with E-state index in [1.165, 1.54) is 29.2 Å². The summed E-state index contributed by atoms with van der Waals surface area (Å²) in [6.45, 7) is 12.3. The number of ether oxygens (including phenoxy) is 1. The molecule has 0 saturated carbocycles. The standard InChI is InChI=1S/C26H29NO2/c1-17-7-10-24(13-19(17)3)27(25-11-8-18(2)20(4)14-25)26-12-9-23(21(5)15-26)16-29-22(6)28/h7-15H,16H2,1-6H3. The Hall–Kier alpha value is -3.07. The monoisotopic (exact) mass is 387 g/mol. The van der Waals surface area contributed by atoms with E-state index in [0.717, 1.165) is 28.2 Å². The lowest BCUT2D eigenvalue weighted by molar-refractivity contribution is -0.142. The van der Waals surface area contributed by atoms with Crippen molar-refractivity contribution in [3.8, 4) is 0 Å². The van der Waals surface area contributed by atoms with Crippen molar-refractivity contribution in [1.82, 2.24) is 0 Å². The van der Waals surface area contributed by atoms with E-state index in [9.17, 15) is 4.79 Å². The fourth-order valence-electron chi connectivity index (χ4n) is 3.34. The summed E-state index contributed by atoms with van der Waals surface area (Å²) in [5, 5.41) is 0. The van der Waals surface area contributed by atoms with Crippen LogP contribution < -0.4 is 4.90 Å². The number of esters is 1. The molecule has 0 aliphatic carbocycles. The Labute approximate surface area is 174 Å². The van der Waals surface area contributed by atoms with Crippen LogP contribution in [0.4, 0.5) is 17.1 Å². The lowest BCUT2D eigenvalue weighted by Crippen LogP contribution is -2.11. The summed E-state index contributed by atoms with van der Waals surface area (Å²) < 4.78 is 5.18. The molecular weight excluding hydrogens is 358 g/mol. The smallest absolute Gasteiger partial charge is 0.302 e. The molecule has 0 bridgehead atoms. The minimum atomic E-state index is -0.264. The van der Waals surface area contributed by atoms with Crippen LogP contribution in [0.15, 0.2) is 54.6 Å². The fraction of sp³-hybridized carbons (Fsp3) is 0.269. The van der Waals surface area contributed by atoms with Crippen LogP contribution in [0.2, 0.25) is 0 Å². The van der Waals surface area contributed by atoms with E-state index < -0.39 is 0 Å². The zero-order chi connectivity index (χ0) is 21.1. The van der Waals surface area contributed by atoms with Gasteiger partial charge in [-0.05, 0) is 104 Å². The Balaban J connectivity index is 2.09. The molecule has 0 amide bonds. The Morgan fingerprint density at radius 1 is 0.690 bits per heavy atom. The van der Waals surface area contributed by atoms with Gasteiger partial charge in [0.1, 0.15) is 6.61 Å². The van der Waals surface area contributed by atoms with Crippen LogP contribution in [0.25, 0.3) is 0 Å². The van der Waals surface area contributed by atoms with Crippen molar-refractivity contribution in [2.24, 2.45) is 0 Å². The number of nitrogens with zero attached hydrogens (tertiary/aromatic N) is 1. The van der Waals surface area contributed by atoms with E-state index in [4.69, 9.17) is 4.74 Å². The second-order valence-corrected chi connectivity index (χ2v) is 7.76. The molecule has 150 valence electrons. The highest BCUT2D eigenvalue weighted by atomic mass is 16.5. The minimum absolute atomic E-state index is 0.264. The highest BCUT2D eigenvalue weighted by Crippen LogP contribution is 2.37. The molecule has 0 heterocycles. The second-order valence-electron chi connectivity index (χ2n) is 7.76. The molecule has 3 nitrogen and oxygen atoms in total. The van der Waals surface area contributed by atoms with E-state index >= 15 is 0 Å². The predicted octanol–water partition coefficient (Wildman–Crippen LogP) is 6.76. The van der Waals surface area contributed by atoms with Gasteiger partial charge in [-0.15, -0.1) is 0 Å². The maximum absolute atomic E-state index is 11.2. The Morgan fingerprint density at radius 2 is 1.14 bits per heavy atom. The summed E-state index contributed by atoms with van der Waals surface area (Å²) in [4.78, 5) is 13.4. The number of rotatable bonds is 5. The maximum atomic E-state index is 11.2. The largest absolute Gasteiger partial charge is 0.461 e. The van der Waals surface area contributed by atoms with Gasteiger partial charge in [0.15, 0.2) is 0 Å². The van der Waals surface area contributed by atoms with Crippen LogP contribution in [0, 0.1) is 34.6 Å². The number of benzene rings is 3. The predicted molar refractivity (Wildman–Crippen MR) is 120 cm³/mol. The molecule has 0 aliphatic rings. The van der Waals surface area contributed by atoms with Crippen molar-refractivity contribution in [2.75, 3.05) is 4.90 Å². The van der Waals surface area contributed by atoms with Crippen LogP contribution in [-0.4, -0.2) is 5.97 Å². The topological polar surface area (TPSA) is 29.5 Å². The van der Waals surface area contributed by atoms with Crippen LogP contribution in [0.1, 0.15) is 40.3 Å². The van der Waals surface area contributed by atoms with Gasteiger partial charge in [0.2, 0.25) is 0 Å². The summed E-state index contributed by atoms with van der Waals surface area (Å²) in [6, 6.07) is 19.4. The van der Waals surface area contributed by atoms with Crippen molar-refractivity contribution in [3.63, 3.8) is 0 Å². The van der Waals surface area contributed by atoms with Crippen molar-refractivity contribution in [1.29, 1.82) is 0 Å². The first-order chi connectivity index (χ1) is 13.8. The number of carbonyl (C=O) groups is 1. The van der Waals surface area contributed by atoms with Crippen molar-refractivity contribution in [2.45, 2.75) is 48.1 Å². The molecule has 0 radical (unpaired) electrons. The lowest BCUT2D eigenvalue weighted by atomic mass is 10.0. The summed E-state index contributed by atoms with van der Waals surface area (Å²) >= 11 is 0. The molecule has 0 fully saturated rings. The van der Waals surface area contributed by atoms with Gasteiger partial charge in [-0.2, -0.15) is 0 Å². The van der Waals surface area contributed by atoms with Gasteiger partial charge in [0, 0.05) is 24.0 Å². The first-order valence-corrected chi connectivity index (χ1v) is 9.94. The van der Waals surface area contributed by atoms with Crippen LogP contribution >= 0.6 is 0 Å². The van der Waals surface area contributed by atoms with Gasteiger partial charge in [-0.25, -0.2) is 0 Å². The first kappa shape index (κ1) is 20.7. The van der Waals surface area contributed by atoms with Crippen molar-refractivity contribution in [3.05, 3.63) is 88.0 Å². The van der Waals surface area contributed by atoms with E-state index in [2.05, 4.69) is 88.0 Å². The van der Waals surface area contributed by atoms with E-state index in [0.29, 0.717) is 6.61 Å². The fourth-order valence-corrected chi connectivity index (χ4v) is 3.34. The lowest BCUT2D eigenvalue weighted by Gasteiger charge is -2.27. The van der Waals surface area contributed by atoms with Crippen LogP contribution in [0.5, 0.6) is 0 Å². The first-order valence-electron chi connectivity index (χ1n) is 9.94. The third-order valence-corrected chi connectivity index (χ3v) is 5.51. The highest BCUT2D eigenvalue weighted by Gasteiger charge is 2.15. The molecule has 0 aliphatic heterocycles. The molecule has 0 spiro atoms. The molecule has 0 saturated heterocycles. The summed E-state index contributed by atoms with van der Waals surface area (Å²) in [5.74, 6) is -0.264. The summed E-state index contributed by atoms with van der Waals surface area (Å²) in [6.07, 6.45) is 0. The Bertz CT molecular complexity index is 1000. The van der Waals surface area contributed by atoms with Gasteiger partial charge in [-0.1, -0.05) is 18.2 Å². The van der Waals surface area contributed by atoms with Gasteiger partial charge in [-0.3, -0.25) is 4.79 Å².